The highest BCUT2D eigenvalue weighted by Crippen LogP contribution is 2.28. The SMILES string of the molecule is CCCn1ncnc1CC(O)c1csc(C(C)(C)C)n1. The van der Waals surface area contributed by atoms with Gasteiger partial charge in [-0.1, -0.05) is 27.7 Å². The number of aryl methyl sites for hydroxylation is 1. The van der Waals surface area contributed by atoms with Crippen molar-refractivity contribution >= 4 is 11.3 Å². The van der Waals surface area contributed by atoms with Crippen molar-refractivity contribution < 1.29 is 5.11 Å². The molecule has 0 amide bonds. The Kier molecular flexibility index (Phi) is 4.55. The van der Waals surface area contributed by atoms with Crippen LogP contribution in [0.3, 0.4) is 0 Å². The summed E-state index contributed by atoms with van der Waals surface area (Å²) in [7, 11) is 0. The van der Waals surface area contributed by atoms with Gasteiger partial charge in [0.25, 0.3) is 0 Å². The molecule has 0 aliphatic rings. The van der Waals surface area contributed by atoms with Crippen LogP contribution in [-0.4, -0.2) is 24.9 Å². The lowest BCUT2D eigenvalue weighted by molar-refractivity contribution is 0.169. The minimum Gasteiger partial charge on any atom is -0.386 e. The minimum atomic E-state index is -0.623. The first-order chi connectivity index (χ1) is 9.41. The number of aromatic nitrogens is 4. The van der Waals surface area contributed by atoms with Gasteiger partial charge in [0, 0.05) is 23.8 Å². The monoisotopic (exact) mass is 294 g/mol. The van der Waals surface area contributed by atoms with Gasteiger partial charge in [0.1, 0.15) is 18.3 Å². The number of aliphatic hydroxyl groups is 1. The molecule has 0 bridgehead atoms. The van der Waals surface area contributed by atoms with E-state index in [0.717, 1.165) is 29.5 Å². The second-order valence-electron chi connectivity index (χ2n) is 5.95. The first-order valence-corrected chi connectivity index (χ1v) is 7.80. The molecule has 1 unspecified atom stereocenters. The van der Waals surface area contributed by atoms with Crippen molar-refractivity contribution in [1.82, 2.24) is 19.7 Å². The molecule has 1 N–H and O–H groups in total. The molecule has 2 aromatic heterocycles. The molecule has 2 rings (SSSR count). The van der Waals surface area contributed by atoms with Crippen molar-refractivity contribution in [2.24, 2.45) is 0 Å². The first kappa shape index (κ1) is 15.1. The largest absolute Gasteiger partial charge is 0.386 e. The first-order valence-electron chi connectivity index (χ1n) is 6.92. The average molecular weight is 294 g/mol. The van der Waals surface area contributed by atoms with Crippen molar-refractivity contribution in [3.05, 3.63) is 28.2 Å². The molecule has 1 atom stereocenters. The molecule has 0 aliphatic heterocycles. The van der Waals surface area contributed by atoms with E-state index >= 15 is 0 Å². The predicted octanol–water partition coefficient (Wildman–Crippen LogP) is 2.72. The number of aliphatic hydroxyl groups excluding tert-OH is 1. The normalized spacial score (nSPS) is 13.7. The smallest absolute Gasteiger partial charge is 0.138 e. The fraction of sp³-hybridized carbons (Fsp3) is 0.643. The number of nitrogens with zero attached hydrogens (tertiary/aromatic N) is 4. The average Bonchev–Trinajstić information content (AvgIpc) is 2.98. The molecule has 0 saturated carbocycles. The quantitative estimate of drug-likeness (QED) is 0.921. The lowest BCUT2D eigenvalue weighted by atomic mass is 9.98. The predicted molar refractivity (Wildman–Crippen MR) is 79.8 cm³/mol. The zero-order chi connectivity index (χ0) is 14.8. The molecule has 0 spiro atoms. The van der Waals surface area contributed by atoms with E-state index in [1.54, 1.807) is 17.7 Å². The van der Waals surface area contributed by atoms with E-state index in [4.69, 9.17) is 0 Å². The van der Waals surface area contributed by atoms with Gasteiger partial charge in [-0.3, -0.25) is 4.68 Å². The third kappa shape index (κ3) is 3.43. The van der Waals surface area contributed by atoms with Gasteiger partial charge in [-0.25, -0.2) is 9.97 Å². The number of rotatable bonds is 5. The Bertz CT molecular complexity index is 556. The Hall–Kier alpha value is -1.27. The third-order valence-electron chi connectivity index (χ3n) is 3.01. The van der Waals surface area contributed by atoms with Crippen LogP contribution >= 0.6 is 11.3 Å². The minimum absolute atomic E-state index is 0.0187. The lowest BCUT2D eigenvalue weighted by Crippen LogP contribution is -2.13. The van der Waals surface area contributed by atoms with Crippen molar-refractivity contribution in [2.75, 3.05) is 0 Å². The van der Waals surface area contributed by atoms with Gasteiger partial charge in [0.05, 0.1) is 10.7 Å². The topological polar surface area (TPSA) is 63.8 Å². The summed E-state index contributed by atoms with van der Waals surface area (Å²) in [6.07, 6.45) is 2.37. The maximum atomic E-state index is 10.3. The number of hydrogen-bond acceptors (Lipinski definition) is 5. The van der Waals surface area contributed by atoms with Gasteiger partial charge in [0.2, 0.25) is 0 Å². The molecule has 6 heteroatoms. The molecule has 0 saturated heterocycles. The second kappa shape index (κ2) is 6.01. The van der Waals surface area contributed by atoms with E-state index in [9.17, 15) is 5.11 Å². The van der Waals surface area contributed by atoms with Crippen LogP contribution in [0.25, 0.3) is 0 Å². The molecule has 0 radical (unpaired) electrons. The Labute approximate surface area is 123 Å². The number of thiazole rings is 1. The van der Waals surface area contributed by atoms with Crippen LogP contribution in [-0.2, 0) is 18.4 Å². The fourth-order valence-electron chi connectivity index (χ4n) is 1.91. The highest BCUT2D eigenvalue weighted by Gasteiger charge is 2.21. The molecule has 5 nitrogen and oxygen atoms in total. The van der Waals surface area contributed by atoms with Crippen molar-refractivity contribution in [2.45, 2.75) is 58.6 Å². The number of hydrogen-bond donors (Lipinski definition) is 1. The standard InChI is InChI=1S/C14H22N4OS/c1-5-6-18-12(15-9-16-18)7-11(19)10-8-20-13(17-10)14(2,3)4/h8-9,11,19H,5-7H2,1-4H3. The highest BCUT2D eigenvalue weighted by atomic mass is 32.1. The Morgan fingerprint density at radius 2 is 2.15 bits per heavy atom. The summed E-state index contributed by atoms with van der Waals surface area (Å²) in [6, 6.07) is 0. The summed E-state index contributed by atoms with van der Waals surface area (Å²) in [6.45, 7) is 9.30. The molecule has 20 heavy (non-hydrogen) atoms. The van der Waals surface area contributed by atoms with Crippen LogP contribution in [0.15, 0.2) is 11.7 Å². The molecule has 0 aliphatic carbocycles. The van der Waals surface area contributed by atoms with E-state index in [2.05, 4.69) is 42.8 Å². The Balaban J connectivity index is 2.10. The van der Waals surface area contributed by atoms with Crippen molar-refractivity contribution in [1.29, 1.82) is 0 Å². The highest BCUT2D eigenvalue weighted by molar-refractivity contribution is 7.09. The van der Waals surface area contributed by atoms with Gasteiger partial charge >= 0.3 is 0 Å². The zero-order valence-corrected chi connectivity index (χ0v) is 13.3. The van der Waals surface area contributed by atoms with Gasteiger partial charge in [-0.15, -0.1) is 11.3 Å². The van der Waals surface area contributed by atoms with E-state index in [1.165, 1.54) is 0 Å². The molecule has 2 aromatic rings. The summed E-state index contributed by atoms with van der Waals surface area (Å²) >= 11 is 1.60. The maximum absolute atomic E-state index is 10.3. The molecule has 0 fully saturated rings. The molecule has 110 valence electrons. The zero-order valence-electron chi connectivity index (χ0n) is 12.5. The van der Waals surface area contributed by atoms with E-state index in [0.29, 0.717) is 6.42 Å². The van der Waals surface area contributed by atoms with Gasteiger partial charge in [-0.2, -0.15) is 5.10 Å². The fourth-order valence-corrected chi connectivity index (χ4v) is 2.86. The van der Waals surface area contributed by atoms with Crippen molar-refractivity contribution in [3.8, 4) is 0 Å². The van der Waals surface area contributed by atoms with Crippen LogP contribution in [0, 0.1) is 0 Å². The van der Waals surface area contributed by atoms with Crippen LogP contribution in [0.4, 0.5) is 0 Å². The van der Waals surface area contributed by atoms with Crippen LogP contribution < -0.4 is 0 Å². The third-order valence-corrected chi connectivity index (χ3v) is 4.30. The lowest BCUT2D eigenvalue weighted by Gasteiger charge is -2.14. The summed E-state index contributed by atoms with van der Waals surface area (Å²) < 4.78 is 1.85. The molecular weight excluding hydrogens is 272 g/mol. The Morgan fingerprint density at radius 1 is 1.40 bits per heavy atom. The van der Waals surface area contributed by atoms with Crippen molar-refractivity contribution in [3.63, 3.8) is 0 Å². The van der Waals surface area contributed by atoms with Gasteiger partial charge in [-0.05, 0) is 6.42 Å². The Morgan fingerprint density at radius 3 is 2.75 bits per heavy atom. The second-order valence-corrected chi connectivity index (χ2v) is 6.80. The molecule has 2 heterocycles. The van der Waals surface area contributed by atoms with E-state index in [1.807, 2.05) is 10.1 Å². The van der Waals surface area contributed by atoms with E-state index in [-0.39, 0.29) is 5.41 Å². The van der Waals surface area contributed by atoms with E-state index < -0.39 is 6.10 Å². The summed E-state index contributed by atoms with van der Waals surface area (Å²) in [5, 5.41) is 17.5. The van der Waals surface area contributed by atoms with Gasteiger partial charge in [0.15, 0.2) is 0 Å². The van der Waals surface area contributed by atoms with Gasteiger partial charge < -0.3 is 5.11 Å². The van der Waals surface area contributed by atoms with Crippen LogP contribution in [0.2, 0.25) is 0 Å². The maximum Gasteiger partial charge on any atom is 0.138 e. The molecule has 0 aromatic carbocycles. The summed E-state index contributed by atoms with van der Waals surface area (Å²) in [5.41, 5.74) is 0.746. The van der Waals surface area contributed by atoms with Crippen LogP contribution in [0.1, 0.15) is 56.7 Å². The molecular formula is C14H22N4OS. The van der Waals surface area contributed by atoms with Crippen LogP contribution in [0.5, 0.6) is 0 Å². The summed E-state index contributed by atoms with van der Waals surface area (Å²) in [5.74, 6) is 0.810. The summed E-state index contributed by atoms with van der Waals surface area (Å²) in [4.78, 5) is 8.77.